The van der Waals surface area contributed by atoms with Gasteiger partial charge in [-0.1, -0.05) is 80.9 Å². The van der Waals surface area contributed by atoms with Crippen LogP contribution in [-0.4, -0.2) is 18.5 Å². The summed E-state index contributed by atoms with van der Waals surface area (Å²) in [5.41, 5.74) is -0.532. The van der Waals surface area contributed by atoms with Gasteiger partial charge in [0.25, 0.3) is 0 Å². The lowest BCUT2D eigenvalue weighted by Crippen LogP contribution is -2.54. The molecule has 0 amide bonds. The van der Waals surface area contributed by atoms with Crippen molar-refractivity contribution in [3.8, 4) is 0 Å². The van der Waals surface area contributed by atoms with Crippen LogP contribution in [0.3, 0.4) is 0 Å². The molecule has 0 aliphatic carbocycles. The standard InChI is InChI=1S/C25H48O2/c1-13-21(5,6)17-16-18-23(9,14-2)22(7,8)19-24(10,15-3)25(11,27-12)20(4)26/h16,18H,13-15,17,19H2,1-12H3. The molecule has 0 aromatic rings. The molecule has 160 valence electrons. The first kappa shape index (κ1) is 26.4. The predicted octanol–water partition coefficient (Wildman–Crippen LogP) is 7.61. The Labute approximate surface area is 170 Å². The number of carbonyl (C=O) groups excluding carboxylic acids is 1. The second kappa shape index (κ2) is 9.25. The van der Waals surface area contributed by atoms with Crippen molar-refractivity contribution in [2.45, 2.75) is 114 Å². The molecule has 2 nitrogen and oxygen atoms in total. The Hall–Kier alpha value is -0.630. The van der Waals surface area contributed by atoms with Crippen LogP contribution < -0.4 is 0 Å². The van der Waals surface area contributed by atoms with Crippen LogP contribution in [0.2, 0.25) is 0 Å². The van der Waals surface area contributed by atoms with Gasteiger partial charge in [0.15, 0.2) is 5.78 Å². The topological polar surface area (TPSA) is 26.3 Å². The highest BCUT2D eigenvalue weighted by Crippen LogP contribution is 2.54. The summed E-state index contributed by atoms with van der Waals surface area (Å²) in [5.74, 6) is 0.114. The number of allylic oxidation sites excluding steroid dienone is 2. The van der Waals surface area contributed by atoms with Crippen LogP contribution in [0.4, 0.5) is 0 Å². The molecule has 0 rings (SSSR count). The minimum absolute atomic E-state index is 0.0363. The minimum Gasteiger partial charge on any atom is -0.370 e. The quantitative estimate of drug-likeness (QED) is 0.326. The summed E-state index contributed by atoms with van der Waals surface area (Å²) in [6.45, 7) is 24.3. The number of hydrogen-bond donors (Lipinski definition) is 0. The first-order valence-corrected chi connectivity index (χ1v) is 10.8. The van der Waals surface area contributed by atoms with E-state index < -0.39 is 5.60 Å². The van der Waals surface area contributed by atoms with Gasteiger partial charge in [-0.3, -0.25) is 4.79 Å². The van der Waals surface area contributed by atoms with Crippen LogP contribution in [0.25, 0.3) is 0 Å². The zero-order valence-corrected chi connectivity index (χ0v) is 20.5. The van der Waals surface area contributed by atoms with Crippen molar-refractivity contribution in [2.24, 2.45) is 21.7 Å². The molecule has 3 atom stereocenters. The van der Waals surface area contributed by atoms with Crippen molar-refractivity contribution in [1.29, 1.82) is 0 Å². The molecule has 0 aromatic heterocycles. The van der Waals surface area contributed by atoms with Gasteiger partial charge in [0.2, 0.25) is 0 Å². The predicted molar refractivity (Wildman–Crippen MR) is 119 cm³/mol. The molecule has 0 aliphatic heterocycles. The largest absolute Gasteiger partial charge is 0.370 e. The average molecular weight is 381 g/mol. The van der Waals surface area contributed by atoms with Gasteiger partial charge >= 0.3 is 0 Å². The van der Waals surface area contributed by atoms with Crippen molar-refractivity contribution >= 4 is 5.78 Å². The lowest BCUT2D eigenvalue weighted by molar-refractivity contribution is -0.160. The number of ether oxygens (including phenoxy) is 1. The van der Waals surface area contributed by atoms with E-state index in [0.717, 1.165) is 25.7 Å². The Balaban J connectivity index is 5.84. The fraction of sp³-hybridized carbons (Fsp3) is 0.880. The summed E-state index contributed by atoms with van der Waals surface area (Å²) in [5, 5.41) is 0. The molecule has 0 saturated carbocycles. The number of Topliss-reactive ketones (excluding diaryl/α,β-unsaturated/α-hetero) is 1. The molecule has 2 heteroatoms. The van der Waals surface area contributed by atoms with Gasteiger partial charge in [0.05, 0.1) is 0 Å². The number of carbonyl (C=O) groups is 1. The molecule has 0 N–H and O–H groups in total. The van der Waals surface area contributed by atoms with E-state index >= 15 is 0 Å². The number of hydrogen-bond acceptors (Lipinski definition) is 2. The van der Waals surface area contributed by atoms with Crippen molar-refractivity contribution in [3.63, 3.8) is 0 Å². The maximum absolute atomic E-state index is 12.5. The molecule has 0 heterocycles. The van der Waals surface area contributed by atoms with Crippen molar-refractivity contribution in [2.75, 3.05) is 7.11 Å². The molecule has 0 spiro atoms. The summed E-state index contributed by atoms with van der Waals surface area (Å²) in [7, 11) is 1.67. The van der Waals surface area contributed by atoms with E-state index in [1.54, 1.807) is 14.0 Å². The average Bonchev–Trinajstić information content (AvgIpc) is 2.59. The van der Waals surface area contributed by atoms with Gasteiger partial charge < -0.3 is 4.74 Å². The van der Waals surface area contributed by atoms with Crippen LogP contribution in [0.5, 0.6) is 0 Å². The molecule has 0 bridgehead atoms. The molecule has 0 saturated heterocycles. The number of rotatable bonds is 12. The first-order valence-electron chi connectivity index (χ1n) is 10.8. The molecular formula is C25H48O2. The van der Waals surface area contributed by atoms with Crippen molar-refractivity contribution in [1.82, 2.24) is 0 Å². The summed E-state index contributed by atoms with van der Waals surface area (Å²) in [6.07, 6.45) is 10.0. The Kier molecular flexibility index (Phi) is 9.03. The highest BCUT2D eigenvalue weighted by atomic mass is 16.5. The van der Waals surface area contributed by atoms with Crippen molar-refractivity contribution < 1.29 is 9.53 Å². The summed E-state index contributed by atoms with van der Waals surface area (Å²) in [6, 6.07) is 0. The molecule has 0 fully saturated rings. The number of ketones is 1. The SMILES string of the molecule is CCC(C)(C)CC=CC(C)(CC)C(C)(C)CC(C)(CC)C(C)(OC)C(C)=O. The van der Waals surface area contributed by atoms with Crippen LogP contribution in [0, 0.1) is 21.7 Å². The molecule has 0 aliphatic rings. The fourth-order valence-corrected chi connectivity index (χ4v) is 4.23. The third-order valence-electron chi connectivity index (χ3n) is 8.24. The Bertz CT molecular complexity index is 516. The second-order valence-electron chi connectivity index (χ2n) is 10.7. The zero-order valence-electron chi connectivity index (χ0n) is 20.5. The number of methoxy groups -OCH3 is 1. The maximum atomic E-state index is 12.5. The van der Waals surface area contributed by atoms with E-state index in [1.165, 1.54) is 6.42 Å². The minimum atomic E-state index is -0.762. The van der Waals surface area contributed by atoms with Gasteiger partial charge in [0, 0.05) is 12.5 Å². The van der Waals surface area contributed by atoms with E-state index in [4.69, 9.17) is 4.74 Å². The maximum Gasteiger partial charge on any atom is 0.161 e. The van der Waals surface area contributed by atoms with E-state index in [1.807, 2.05) is 6.92 Å². The third kappa shape index (κ3) is 5.68. The van der Waals surface area contributed by atoms with E-state index in [9.17, 15) is 4.79 Å². The van der Waals surface area contributed by atoms with Crippen LogP contribution in [0.15, 0.2) is 12.2 Å². The normalized spacial score (nSPS) is 20.1. The smallest absolute Gasteiger partial charge is 0.161 e. The molecule has 0 radical (unpaired) electrons. The van der Waals surface area contributed by atoms with Crippen LogP contribution >= 0.6 is 0 Å². The van der Waals surface area contributed by atoms with Crippen molar-refractivity contribution in [3.05, 3.63) is 12.2 Å². The van der Waals surface area contributed by atoms with Crippen LogP contribution in [-0.2, 0) is 9.53 Å². The lowest BCUT2D eigenvalue weighted by atomic mass is 9.54. The molecular weight excluding hydrogens is 332 g/mol. The van der Waals surface area contributed by atoms with E-state index in [-0.39, 0.29) is 22.0 Å². The summed E-state index contributed by atoms with van der Waals surface area (Å²) < 4.78 is 5.82. The molecule has 27 heavy (non-hydrogen) atoms. The zero-order chi connectivity index (χ0) is 21.7. The Morgan fingerprint density at radius 2 is 1.41 bits per heavy atom. The Morgan fingerprint density at radius 3 is 1.74 bits per heavy atom. The second-order valence-corrected chi connectivity index (χ2v) is 10.7. The monoisotopic (exact) mass is 380 g/mol. The molecule has 3 unspecified atom stereocenters. The third-order valence-corrected chi connectivity index (χ3v) is 8.24. The van der Waals surface area contributed by atoms with Gasteiger partial charge in [-0.2, -0.15) is 0 Å². The summed E-state index contributed by atoms with van der Waals surface area (Å²) >= 11 is 0. The fourth-order valence-electron chi connectivity index (χ4n) is 4.23. The van der Waals surface area contributed by atoms with E-state index in [0.29, 0.717) is 5.41 Å². The van der Waals surface area contributed by atoms with E-state index in [2.05, 4.69) is 74.5 Å². The molecule has 0 aromatic carbocycles. The lowest BCUT2D eigenvalue weighted by Gasteiger charge is -2.52. The van der Waals surface area contributed by atoms with Gasteiger partial charge in [-0.25, -0.2) is 0 Å². The highest BCUT2D eigenvalue weighted by molar-refractivity contribution is 5.85. The Morgan fingerprint density at radius 1 is 0.889 bits per heavy atom. The van der Waals surface area contributed by atoms with Gasteiger partial charge in [0.1, 0.15) is 5.60 Å². The summed E-state index contributed by atoms with van der Waals surface area (Å²) in [4.78, 5) is 12.5. The van der Waals surface area contributed by atoms with Crippen LogP contribution in [0.1, 0.15) is 108 Å². The van der Waals surface area contributed by atoms with Gasteiger partial charge in [-0.05, 0) is 55.8 Å². The van der Waals surface area contributed by atoms with Gasteiger partial charge in [-0.15, -0.1) is 0 Å². The highest BCUT2D eigenvalue weighted by Gasteiger charge is 2.52. The first-order chi connectivity index (χ1) is 12.1.